The lowest BCUT2D eigenvalue weighted by atomic mass is 10.2. The molecule has 0 atom stereocenters. The van der Waals surface area contributed by atoms with Gasteiger partial charge in [0.1, 0.15) is 5.82 Å². The van der Waals surface area contributed by atoms with Gasteiger partial charge in [-0.3, -0.25) is 4.79 Å². The van der Waals surface area contributed by atoms with Crippen LogP contribution in [-0.2, 0) is 14.8 Å². The molecule has 1 aliphatic rings. The number of nitriles is 1. The lowest BCUT2D eigenvalue weighted by Crippen LogP contribution is -2.39. The van der Waals surface area contributed by atoms with Gasteiger partial charge >= 0.3 is 0 Å². The second-order valence-corrected chi connectivity index (χ2v) is 8.39. The van der Waals surface area contributed by atoms with Gasteiger partial charge in [0.2, 0.25) is 15.9 Å². The summed E-state index contributed by atoms with van der Waals surface area (Å²) in [5.41, 5.74) is 0.621. The Hall–Kier alpha value is -2.47. The Morgan fingerprint density at radius 3 is 2.48 bits per heavy atom. The maximum atomic E-state index is 13.2. The zero-order valence-electron chi connectivity index (χ0n) is 14.0. The third kappa shape index (κ3) is 4.45. The summed E-state index contributed by atoms with van der Waals surface area (Å²) < 4.78 is 40.1. The summed E-state index contributed by atoms with van der Waals surface area (Å²) >= 11 is 5.69. The third-order valence-electron chi connectivity index (χ3n) is 4.05. The predicted octanol–water partition coefficient (Wildman–Crippen LogP) is 3.14. The van der Waals surface area contributed by atoms with Gasteiger partial charge in [-0.1, -0.05) is 11.6 Å². The highest BCUT2D eigenvalue weighted by atomic mass is 35.5. The monoisotopic (exact) mass is 407 g/mol. The standard InChI is InChI=1S/C18H15ClFN3O3S/c19-16-9-13(3-8-17(16)20)22-18(24)11-23(14-4-5-14)27(25,26)15-6-1-12(10-21)2-7-15/h1-3,6-9,14H,4-5,11H2,(H,22,24). The van der Waals surface area contributed by atoms with Crippen LogP contribution in [0, 0.1) is 17.1 Å². The Kier molecular flexibility index (Phi) is 5.46. The molecule has 0 bridgehead atoms. The number of hydrogen-bond acceptors (Lipinski definition) is 4. The summed E-state index contributed by atoms with van der Waals surface area (Å²) in [6, 6.07) is 10.9. The van der Waals surface area contributed by atoms with Crippen molar-refractivity contribution < 1.29 is 17.6 Å². The fourth-order valence-corrected chi connectivity index (χ4v) is 4.35. The molecule has 0 aromatic heterocycles. The molecule has 0 heterocycles. The van der Waals surface area contributed by atoms with Gasteiger partial charge in [-0.15, -0.1) is 0 Å². The molecular formula is C18H15ClFN3O3S. The Labute approximate surface area is 161 Å². The van der Waals surface area contributed by atoms with Gasteiger partial charge in [-0.2, -0.15) is 9.57 Å². The topological polar surface area (TPSA) is 90.3 Å². The van der Waals surface area contributed by atoms with Crippen molar-refractivity contribution in [2.45, 2.75) is 23.8 Å². The predicted molar refractivity (Wildman–Crippen MR) is 98.1 cm³/mol. The zero-order valence-corrected chi connectivity index (χ0v) is 15.6. The lowest BCUT2D eigenvalue weighted by molar-refractivity contribution is -0.116. The van der Waals surface area contributed by atoms with Crippen molar-refractivity contribution in [1.82, 2.24) is 4.31 Å². The van der Waals surface area contributed by atoms with Crippen LogP contribution in [0.15, 0.2) is 47.4 Å². The highest BCUT2D eigenvalue weighted by Crippen LogP contribution is 2.32. The Balaban J connectivity index is 1.77. The second kappa shape index (κ2) is 7.64. The van der Waals surface area contributed by atoms with E-state index in [0.717, 1.165) is 10.4 Å². The normalized spacial score (nSPS) is 14.0. The highest BCUT2D eigenvalue weighted by molar-refractivity contribution is 7.89. The van der Waals surface area contributed by atoms with Gasteiger partial charge in [0.25, 0.3) is 0 Å². The average molecular weight is 408 g/mol. The minimum Gasteiger partial charge on any atom is -0.325 e. The van der Waals surface area contributed by atoms with E-state index in [2.05, 4.69) is 5.32 Å². The molecule has 0 spiro atoms. The fraction of sp³-hybridized carbons (Fsp3) is 0.222. The molecule has 1 aliphatic carbocycles. The smallest absolute Gasteiger partial charge is 0.243 e. The van der Waals surface area contributed by atoms with Crippen molar-refractivity contribution >= 4 is 33.2 Å². The number of nitrogens with zero attached hydrogens (tertiary/aromatic N) is 2. The van der Waals surface area contributed by atoms with Gasteiger partial charge in [-0.25, -0.2) is 12.8 Å². The number of halogens is 2. The third-order valence-corrected chi connectivity index (χ3v) is 6.25. The van der Waals surface area contributed by atoms with Crippen molar-refractivity contribution in [2.24, 2.45) is 0 Å². The largest absolute Gasteiger partial charge is 0.325 e. The van der Waals surface area contributed by atoms with E-state index in [9.17, 15) is 17.6 Å². The Bertz CT molecular complexity index is 1020. The summed E-state index contributed by atoms with van der Waals surface area (Å²) in [6.07, 6.45) is 1.34. The van der Waals surface area contributed by atoms with Gasteiger partial charge in [0.15, 0.2) is 0 Å². The number of anilines is 1. The summed E-state index contributed by atoms with van der Waals surface area (Å²) in [4.78, 5) is 12.4. The molecule has 1 amide bonds. The van der Waals surface area contributed by atoms with Crippen LogP contribution in [0.4, 0.5) is 10.1 Å². The van der Waals surface area contributed by atoms with Crippen LogP contribution in [0.25, 0.3) is 0 Å². The van der Waals surface area contributed by atoms with Crippen LogP contribution < -0.4 is 5.32 Å². The number of hydrogen-bond donors (Lipinski definition) is 1. The van der Waals surface area contributed by atoms with Gasteiger partial charge in [0, 0.05) is 11.7 Å². The van der Waals surface area contributed by atoms with Gasteiger partial charge in [0.05, 0.1) is 28.1 Å². The van der Waals surface area contributed by atoms with E-state index < -0.39 is 21.7 Å². The van der Waals surface area contributed by atoms with E-state index >= 15 is 0 Å². The number of benzene rings is 2. The molecular weight excluding hydrogens is 393 g/mol. The summed E-state index contributed by atoms with van der Waals surface area (Å²) in [6.45, 7) is -0.373. The van der Waals surface area contributed by atoms with Crippen molar-refractivity contribution in [1.29, 1.82) is 5.26 Å². The van der Waals surface area contributed by atoms with Crippen molar-refractivity contribution in [3.63, 3.8) is 0 Å². The van der Waals surface area contributed by atoms with Crippen molar-refractivity contribution in [3.05, 3.63) is 58.9 Å². The molecule has 2 aromatic carbocycles. The van der Waals surface area contributed by atoms with Crippen LogP contribution in [0.2, 0.25) is 5.02 Å². The zero-order chi connectivity index (χ0) is 19.6. The molecule has 0 unspecified atom stereocenters. The Morgan fingerprint density at radius 2 is 1.93 bits per heavy atom. The maximum Gasteiger partial charge on any atom is 0.243 e. The molecule has 0 aliphatic heterocycles. The van der Waals surface area contributed by atoms with Crippen molar-refractivity contribution in [3.8, 4) is 6.07 Å². The van der Waals surface area contributed by atoms with Crippen LogP contribution in [0.1, 0.15) is 18.4 Å². The molecule has 27 heavy (non-hydrogen) atoms. The van der Waals surface area contributed by atoms with E-state index in [1.807, 2.05) is 6.07 Å². The molecule has 1 saturated carbocycles. The van der Waals surface area contributed by atoms with Crippen LogP contribution >= 0.6 is 11.6 Å². The second-order valence-electron chi connectivity index (χ2n) is 6.09. The highest BCUT2D eigenvalue weighted by Gasteiger charge is 2.39. The number of carbonyl (C=O) groups excluding carboxylic acids is 1. The van der Waals surface area contributed by atoms with Gasteiger partial charge in [-0.05, 0) is 55.3 Å². The minimum atomic E-state index is -3.89. The molecule has 6 nitrogen and oxygen atoms in total. The molecule has 1 N–H and O–H groups in total. The summed E-state index contributed by atoms with van der Waals surface area (Å²) in [5.74, 6) is -1.17. The molecule has 1 fully saturated rings. The first kappa shape index (κ1) is 19.3. The SMILES string of the molecule is N#Cc1ccc(S(=O)(=O)N(CC(=O)Nc2ccc(F)c(Cl)c2)C2CC2)cc1. The number of sulfonamides is 1. The molecule has 0 saturated heterocycles. The van der Waals surface area contributed by atoms with E-state index in [1.165, 1.54) is 36.4 Å². The van der Waals surface area contributed by atoms with Gasteiger partial charge < -0.3 is 5.32 Å². The van der Waals surface area contributed by atoms with Crippen LogP contribution in [0.3, 0.4) is 0 Å². The quantitative estimate of drug-likeness (QED) is 0.796. The lowest BCUT2D eigenvalue weighted by Gasteiger charge is -2.21. The van der Waals surface area contributed by atoms with Crippen LogP contribution in [-0.4, -0.2) is 31.2 Å². The summed E-state index contributed by atoms with van der Waals surface area (Å²) in [7, 11) is -3.89. The number of nitrogens with one attached hydrogen (secondary N) is 1. The maximum absolute atomic E-state index is 13.2. The molecule has 9 heteroatoms. The number of amides is 1. The van der Waals surface area contributed by atoms with E-state index in [0.29, 0.717) is 18.4 Å². The average Bonchev–Trinajstić information content (AvgIpc) is 3.47. The molecule has 3 rings (SSSR count). The van der Waals surface area contributed by atoms with E-state index in [-0.39, 0.29) is 28.2 Å². The fourth-order valence-electron chi connectivity index (χ4n) is 2.53. The Morgan fingerprint density at radius 1 is 1.26 bits per heavy atom. The first-order chi connectivity index (χ1) is 12.8. The number of rotatable bonds is 6. The van der Waals surface area contributed by atoms with Crippen molar-refractivity contribution in [2.75, 3.05) is 11.9 Å². The molecule has 2 aromatic rings. The molecule has 140 valence electrons. The molecule has 0 radical (unpaired) electrons. The number of carbonyl (C=O) groups is 1. The summed E-state index contributed by atoms with van der Waals surface area (Å²) in [5, 5.41) is 11.2. The van der Waals surface area contributed by atoms with Crippen LogP contribution in [0.5, 0.6) is 0 Å². The van der Waals surface area contributed by atoms with E-state index in [1.54, 1.807) is 0 Å². The first-order valence-corrected chi connectivity index (χ1v) is 9.90. The minimum absolute atomic E-state index is 0.0195. The first-order valence-electron chi connectivity index (χ1n) is 8.08. The van der Waals surface area contributed by atoms with E-state index in [4.69, 9.17) is 16.9 Å².